The van der Waals surface area contributed by atoms with Crippen molar-refractivity contribution >= 4 is 0 Å². The molecule has 1 N–H and O–H groups in total. The van der Waals surface area contributed by atoms with E-state index in [0.717, 1.165) is 25.2 Å². The van der Waals surface area contributed by atoms with Crippen molar-refractivity contribution in [2.45, 2.75) is 63.5 Å². The molecule has 2 bridgehead atoms. The number of hydrogen-bond donors (Lipinski definition) is 1. The molecule has 3 nitrogen and oxygen atoms in total. The Morgan fingerprint density at radius 1 is 0.926 bits per heavy atom. The fraction of sp³-hybridized carbons (Fsp3) is 0.542. The number of fused-ring (bicyclic) bond motifs is 4. The third kappa shape index (κ3) is 3.38. The maximum absolute atomic E-state index is 13.3. The maximum atomic E-state index is 13.3. The second kappa shape index (κ2) is 7.27. The minimum absolute atomic E-state index is 0.334. The van der Waals surface area contributed by atoms with Gasteiger partial charge in [-0.2, -0.15) is 0 Å². The second-order valence-electron chi connectivity index (χ2n) is 9.08. The van der Waals surface area contributed by atoms with Crippen molar-refractivity contribution in [3.05, 3.63) is 69.6 Å². The Morgan fingerprint density at radius 3 is 2.56 bits per heavy atom. The minimum atomic E-state index is 0.334. The van der Waals surface area contributed by atoms with Crippen LogP contribution in [-0.4, -0.2) is 17.7 Å². The monoisotopic (exact) mass is 363 g/mol. The molecule has 1 aliphatic carbocycles. The van der Waals surface area contributed by atoms with Gasteiger partial charge in [-0.15, -0.1) is 0 Å². The molecular formula is C24H31N2O+. The number of nitrogens with zero attached hydrogens (tertiary/aromatic N) is 1. The summed E-state index contributed by atoms with van der Waals surface area (Å²) in [6, 6.07) is 15.4. The highest BCUT2D eigenvalue weighted by molar-refractivity contribution is 5.24. The van der Waals surface area contributed by atoms with E-state index in [2.05, 4.69) is 47.0 Å². The highest BCUT2D eigenvalue weighted by Crippen LogP contribution is 2.34. The van der Waals surface area contributed by atoms with Gasteiger partial charge in [0.15, 0.2) is 0 Å². The van der Waals surface area contributed by atoms with Crippen LogP contribution in [0.2, 0.25) is 0 Å². The van der Waals surface area contributed by atoms with Crippen LogP contribution in [0.4, 0.5) is 0 Å². The van der Waals surface area contributed by atoms with Crippen molar-refractivity contribution in [1.29, 1.82) is 0 Å². The Hall–Kier alpha value is -1.87. The van der Waals surface area contributed by atoms with E-state index in [0.29, 0.717) is 23.3 Å². The summed E-state index contributed by atoms with van der Waals surface area (Å²) in [6.07, 6.45) is 7.59. The number of hydrogen-bond acceptors (Lipinski definition) is 1. The number of benzene rings is 1. The molecule has 3 heterocycles. The van der Waals surface area contributed by atoms with E-state index in [1.54, 1.807) is 4.90 Å². The molecule has 1 saturated carbocycles. The lowest BCUT2D eigenvalue weighted by Gasteiger charge is -2.40. The molecule has 2 aromatic rings. The molecule has 3 heteroatoms. The molecule has 142 valence electrons. The number of nitrogens with one attached hydrogen (secondary N) is 1. The van der Waals surface area contributed by atoms with Crippen molar-refractivity contribution in [2.24, 2.45) is 5.92 Å². The standard InChI is InChI=1S/C24H30N2O/c27-24-22(20-9-5-2-6-10-20)11-12-23-21-13-19(16-26(23)24)15-25(17-21)14-18-7-3-1-4-8-18/h1,3-4,7-8,11-12,19-21H,2,5-6,9-10,13-17H2/p+1/t19-,21+/m0/s1. The lowest BCUT2D eigenvalue weighted by atomic mass is 9.81. The molecule has 0 radical (unpaired) electrons. The molecule has 27 heavy (non-hydrogen) atoms. The third-order valence-electron chi connectivity index (χ3n) is 7.17. The van der Waals surface area contributed by atoms with Crippen LogP contribution in [-0.2, 0) is 13.1 Å². The van der Waals surface area contributed by atoms with Crippen molar-refractivity contribution < 1.29 is 4.90 Å². The molecule has 2 fully saturated rings. The van der Waals surface area contributed by atoms with Crippen LogP contribution in [0.3, 0.4) is 0 Å². The zero-order valence-electron chi connectivity index (χ0n) is 16.2. The molecule has 3 aliphatic rings. The maximum Gasteiger partial charge on any atom is 0.254 e. The van der Waals surface area contributed by atoms with Crippen LogP contribution >= 0.6 is 0 Å². The first-order chi connectivity index (χ1) is 13.3. The molecule has 1 saturated heterocycles. The Kier molecular flexibility index (Phi) is 4.65. The molecular weight excluding hydrogens is 332 g/mol. The van der Waals surface area contributed by atoms with E-state index in [4.69, 9.17) is 0 Å². The Balaban J connectivity index is 1.39. The third-order valence-corrected chi connectivity index (χ3v) is 7.17. The van der Waals surface area contributed by atoms with Crippen molar-refractivity contribution in [3.8, 4) is 0 Å². The number of rotatable bonds is 3. The predicted molar refractivity (Wildman–Crippen MR) is 108 cm³/mol. The molecule has 1 unspecified atom stereocenters. The van der Waals surface area contributed by atoms with Crippen molar-refractivity contribution in [2.75, 3.05) is 13.1 Å². The second-order valence-corrected chi connectivity index (χ2v) is 9.08. The summed E-state index contributed by atoms with van der Waals surface area (Å²) in [4.78, 5) is 15.0. The summed E-state index contributed by atoms with van der Waals surface area (Å²) in [5, 5.41) is 0. The van der Waals surface area contributed by atoms with E-state index < -0.39 is 0 Å². The predicted octanol–water partition coefficient (Wildman–Crippen LogP) is 3.10. The molecule has 0 spiro atoms. The Labute approximate surface area is 162 Å². The molecule has 0 amide bonds. The van der Waals surface area contributed by atoms with Gasteiger partial charge < -0.3 is 9.47 Å². The normalized spacial score (nSPS) is 27.9. The van der Waals surface area contributed by atoms with Crippen LogP contribution in [0, 0.1) is 5.92 Å². The van der Waals surface area contributed by atoms with Gasteiger partial charge in [0.05, 0.1) is 13.1 Å². The van der Waals surface area contributed by atoms with E-state index in [-0.39, 0.29) is 0 Å². The summed E-state index contributed by atoms with van der Waals surface area (Å²) in [6.45, 7) is 4.40. The molecule has 2 aliphatic heterocycles. The summed E-state index contributed by atoms with van der Waals surface area (Å²) in [5.41, 5.74) is 4.17. The van der Waals surface area contributed by atoms with Gasteiger partial charge in [-0.25, -0.2) is 0 Å². The largest absolute Gasteiger partial charge is 0.330 e. The lowest BCUT2D eigenvalue weighted by Crippen LogP contribution is -3.13. The van der Waals surface area contributed by atoms with Gasteiger partial charge in [0, 0.05) is 35.2 Å². The fourth-order valence-corrected chi connectivity index (χ4v) is 5.94. The zero-order chi connectivity index (χ0) is 18.2. The first-order valence-electron chi connectivity index (χ1n) is 10.9. The summed E-state index contributed by atoms with van der Waals surface area (Å²) in [7, 11) is 0. The van der Waals surface area contributed by atoms with Gasteiger partial charge in [-0.1, -0.05) is 55.7 Å². The topological polar surface area (TPSA) is 26.4 Å². The number of pyridine rings is 1. The number of quaternary nitrogens is 1. The Morgan fingerprint density at radius 2 is 1.74 bits per heavy atom. The van der Waals surface area contributed by atoms with Crippen LogP contribution in [0.1, 0.15) is 67.2 Å². The van der Waals surface area contributed by atoms with E-state index in [9.17, 15) is 4.79 Å². The van der Waals surface area contributed by atoms with Crippen LogP contribution in [0.5, 0.6) is 0 Å². The minimum Gasteiger partial charge on any atom is -0.330 e. The van der Waals surface area contributed by atoms with E-state index >= 15 is 0 Å². The average molecular weight is 364 g/mol. The Bertz CT molecular complexity index is 850. The number of piperidine rings is 1. The number of aromatic nitrogens is 1. The van der Waals surface area contributed by atoms with Gasteiger partial charge in [-0.3, -0.25) is 4.79 Å². The van der Waals surface area contributed by atoms with Gasteiger partial charge >= 0.3 is 0 Å². The van der Waals surface area contributed by atoms with E-state index in [1.165, 1.54) is 56.3 Å². The van der Waals surface area contributed by atoms with Crippen molar-refractivity contribution in [3.63, 3.8) is 0 Å². The summed E-state index contributed by atoms with van der Waals surface area (Å²) >= 11 is 0. The molecule has 1 aromatic carbocycles. The number of likely N-dealkylation sites (tertiary alicyclic amines) is 1. The fourth-order valence-electron chi connectivity index (χ4n) is 5.94. The quantitative estimate of drug-likeness (QED) is 0.891. The highest BCUT2D eigenvalue weighted by Gasteiger charge is 2.37. The highest BCUT2D eigenvalue weighted by atomic mass is 16.1. The first kappa shape index (κ1) is 17.2. The van der Waals surface area contributed by atoms with Crippen LogP contribution in [0.15, 0.2) is 47.3 Å². The average Bonchev–Trinajstić information content (AvgIpc) is 2.70. The van der Waals surface area contributed by atoms with Crippen LogP contribution < -0.4 is 10.5 Å². The van der Waals surface area contributed by atoms with Crippen LogP contribution in [0.25, 0.3) is 0 Å². The van der Waals surface area contributed by atoms with E-state index in [1.807, 2.05) is 0 Å². The molecule has 3 atom stereocenters. The van der Waals surface area contributed by atoms with Gasteiger partial charge in [0.1, 0.15) is 6.54 Å². The first-order valence-corrected chi connectivity index (χ1v) is 10.9. The lowest BCUT2D eigenvalue weighted by molar-refractivity contribution is -0.924. The van der Waals surface area contributed by atoms with Gasteiger partial charge in [0.2, 0.25) is 0 Å². The SMILES string of the molecule is O=c1c(C2CCCCC2)ccc2n1C[C@H]1C[C@@H]2C[NH+](Cc2ccccc2)C1. The summed E-state index contributed by atoms with van der Waals surface area (Å²) < 4.78 is 2.17. The zero-order valence-corrected chi connectivity index (χ0v) is 16.2. The van der Waals surface area contributed by atoms with Gasteiger partial charge in [0.25, 0.3) is 5.56 Å². The van der Waals surface area contributed by atoms with Gasteiger partial charge in [-0.05, 0) is 31.2 Å². The summed E-state index contributed by atoms with van der Waals surface area (Å²) in [5.74, 6) is 1.70. The molecule has 5 rings (SSSR count). The molecule has 1 aromatic heterocycles. The smallest absolute Gasteiger partial charge is 0.254 e. The van der Waals surface area contributed by atoms with Crippen molar-refractivity contribution in [1.82, 2.24) is 4.57 Å².